The molecule has 0 saturated heterocycles. The summed E-state index contributed by atoms with van der Waals surface area (Å²) in [6.45, 7) is 3.60. The van der Waals surface area contributed by atoms with Gasteiger partial charge >= 0.3 is 5.69 Å². The predicted octanol–water partition coefficient (Wildman–Crippen LogP) is 2.01. The smallest absolute Gasteiger partial charge is 0.307 e. The summed E-state index contributed by atoms with van der Waals surface area (Å²) in [4.78, 5) is 26.6. The molecule has 0 radical (unpaired) electrons. The molecule has 0 spiro atoms. The number of hydrogen-bond acceptors (Lipinski definition) is 2. The maximum Gasteiger partial charge on any atom is 0.329 e. The van der Waals surface area contributed by atoms with Gasteiger partial charge in [-0.1, -0.05) is 6.07 Å². The standard InChI is InChI=1S/C12H13ClN2O2/c1-7(2)15-11(16)9-4-3-8(6-13)5-10(9)14-12(15)17/h3-5,7H,6H2,1-2H3,(H,14,17). The highest BCUT2D eigenvalue weighted by atomic mass is 35.5. The summed E-state index contributed by atoms with van der Waals surface area (Å²) >= 11 is 5.71. The maximum absolute atomic E-state index is 12.1. The zero-order valence-corrected chi connectivity index (χ0v) is 10.4. The number of alkyl halides is 1. The van der Waals surface area contributed by atoms with Crippen molar-refractivity contribution in [2.45, 2.75) is 25.8 Å². The Balaban J connectivity index is 2.86. The monoisotopic (exact) mass is 252 g/mol. The van der Waals surface area contributed by atoms with Gasteiger partial charge in [0.25, 0.3) is 5.56 Å². The first-order valence-corrected chi connectivity index (χ1v) is 5.91. The van der Waals surface area contributed by atoms with Gasteiger partial charge in [-0.05, 0) is 31.5 Å². The quantitative estimate of drug-likeness (QED) is 0.832. The van der Waals surface area contributed by atoms with Crippen molar-refractivity contribution in [1.29, 1.82) is 0 Å². The SMILES string of the molecule is CC(C)n1c(=O)[nH]c2cc(CCl)ccc2c1=O. The van der Waals surface area contributed by atoms with Crippen LogP contribution >= 0.6 is 11.6 Å². The largest absolute Gasteiger partial charge is 0.329 e. The predicted molar refractivity (Wildman–Crippen MR) is 68.8 cm³/mol. The average molecular weight is 253 g/mol. The molecule has 0 saturated carbocycles. The van der Waals surface area contributed by atoms with Crippen LogP contribution in [0.4, 0.5) is 0 Å². The molecule has 1 aromatic carbocycles. The summed E-state index contributed by atoms with van der Waals surface area (Å²) in [6.07, 6.45) is 0. The number of nitrogens with zero attached hydrogens (tertiary/aromatic N) is 1. The number of fused-ring (bicyclic) bond motifs is 1. The Hall–Kier alpha value is -1.55. The Morgan fingerprint density at radius 2 is 2.06 bits per heavy atom. The van der Waals surface area contributed by atoms with Gasteiger partial charge in [0, 0.05) is 11.9 Å². The first kappa shape index (κ1) is 11.9. The minimum absolute atomic E-state index is 0.164. The molecule has 4 nitrogen and oxygen atoms in total. The summed E-state index contributed by atoms with van der Waals surface area (Å²) in [5, 5.41) is 0.507. The third-order valence-corrected chi connectivity index (χ3v) is 2.97. The summed E-state index contributed by atoms with van der Waals surface area (Å²) < 4.78 is 1.21. The van der Waals surface area contributed by atoms with Crippen LogP contribution in [0.15, 0.2) is 27.8 Å². The van der Waals surface area contributed by atoms with Gasteiger partial charge in [-0.2, -0.15) is 0 Å². The van der Waals surface area contributed by atoms with Crippen molar-refractivity contribution >= 4 is 22.5 Å². The molecule has 0 fully saturated rings. The van der Waals surface area contributed by atoms with E-state index < -0.39 is 0 Å². The van der Waals surface area contributed by atoms with E-state index in [-0.39, 0.29) is 17.3 Å². The summed E-state index contributed by atoms with van der Waals surface area (Å²) in [7, 11) is 0. The zero-order valence-electron chi connectivity index (χ0n) is 9.66. The average Bonchev–Trinajstić information content (AvgIpc) is 2.27. The van der Waals surface area contributed by atoms with E-state index >= 15 is 0 Å². The van der Waals surface area contributed by atoms with E-state index in [9.17, 15) is 9.59 Å². The minimum atomic E-state index is -0.385. The Bertz CT molecular complexity index is 670. The van der Waals surface area contributed by atoms with Gasteiger partial charge < -0.3 is 4.98 Å². The van der Waals surface area contributed by atoms with Crippen LogP contribution in [-0.4, -0.2) is 9.55 Å². The molecule has 0 bridgehead atoms. The second-order valence-corrected chi connectivity index (χ2v) is 4.48. The Labute approximate surface area is 103 Å². The maximum atomic E-state index is 12.1. The lowest BCUT2D eigenvalue weighted by atomic mass is 10.2. The first-order valence-electron chi connectivity index (χ1n) is 5.38. The third-order valence-electron chi connectivity index (χ3n) is 2.66. The lowest BCUT2D eigenvalue weighted by Gasteiger charge is -2.09. The van der Waals surface area contributed by atoms with Gasteiger partial charge in [-0.15, -0.1) is 11.6 Å². The van der Waals surface area contributed by atoms with Crippen LogP contribution in [-0.2, 0) is 5.88 Å². The Morgan fingerprint density at radius 3 is 2.65 bits per heavy atom. The van der Waals surface area contributed by atoms with Crippen molar-refractivity contribution in [3.63, 3.8) is 0 Å². The molecule has 0 aliphatic rings. The van der Waals surface area contributed by atoms with Crippen molar-refractivity contribution in [2.24, 2.45) is 0 Å². The van der Waals surface area contributed by atoms with E-state index in [1.54, 1.807) is 32.0 Å². The van der Waals surface area contributed by atoms with Gasteiger partial charge in [-0.3, -0.25) is 9.36 Å². The Kier molecular flexibility index (Phi) is 3.07. The molecular formula is C12H13ClN2O2. The fraction of sp³-hybridized carbons (Fsp3) is 0.333. The summed E-state index contributed by atoms with van der Waals surface area (Å²) in [5.74, 6) is 0.352. The highest BCUT2D eigenvalue weighted by Crippen LogP contribution is 2.11. The van der Waals surface area contributed by atoms with Crippen molar-refractivity contribution in [1.82, 2.24) is 9.55 Å². The molecule has 1 N–H and O–H groups in total. The minimum Gasteiger partial charge on any atom is -0.307 e. The van der Waals surface area contributed by atoms with Gasteiger partial charge in [0.1, 0.15) is 0 Å². The van der Waals surface area contributed by atoms with Gasteiger partial charge in [-0.25, -0.2) is 4.79 Å². The normalized spacial score (nSPS) is 11.3. The Morgan fingerprint density at radius 1 is 1.35 bits per heavy atom. The molecule has 1 aromatic heterocycles. The second-order valence-electron chi connectivity index (χ2n) is 4.21. The molecule has 0 aliphatic carbocycles. The fourth-order valence-corrected chi connectivity index (χ4v) is 2.00. The van der Waals surface area contributed by atoms with Crippen molar-refractivity contribution in [3.05, 3.63) is 44.6 Å². The van der Waals surface area contributed by atoms with Crippen molar-refractivity contribution < 1.29 is 0 Å². The van der Waals surface area contributed by atoms with E-state index in [4.69, 9.17) is 11.6 Å². The first-order chi connectivity index (χ1) is 8.04. The van der Waals surface area contributed by atoms with E-state index in [2.05, 4.69) is 4.98 Å². The number of aromatic amines is 1. The van der Waals surface area contributed by atoms with E-state index in [1.807, 2.05) is 0 Å². The van der Waals surface area contributed by atoms with Crippen LogP contribution in [0, 0.1) is 0 Å². The van der Waals surface area contributed by atoms with Gasteiger partial charge in [0.2, 0.25) is 0 Å². The second kappa shape index (κ2) is 4.37. The number of hydrogen-bond donors (Lipinski definition) is 1. The lowest BCUT2D eigenvalue weighted by molar-refractivity contribution is 0.552. The van der Waals surface area contributed by atoms with E-state index in [0.29, 0.717) is 16.8 Å². The molecule has 5 heteroatoms. The zero-order chi connectivity index (χ0) is 12.6. The fourth-order valence-electron chi connectivity index (χ4n) is 1.83. The molecule has 90 valence electrons. The van der Waals surface area contributed by atoms with Crippen LogP contribution in [0.3, 0.4) is 0 Å². The van der Waals surface area contributed by atoms with Crippen molar-refractivity contribution in [2.75, 3.05) is 0 Å². The van der Waals surface area contributed by atoms with Gasteiger partial charge in [0.05, 0.1) is 10.9 Å². The lowest BCUT2D eigenvalue weighted by Crippen LogP contribution is -2.36. The third kappa shape index (κ3) is 2.00. The summed E-state index contributed by atoms with van der Waals surface area (Å²) in [6, 6.07) is 5.06. The molecule has 17 heavy (non-hydrogen) atoms. The summed E-state index contributed by atoms with van der Waals surface area (Å²) in [5.41, 5.74) is 0.760. The van der Waals surface area contributed by atoms with Crippen LogP contribution in [0.1, 0.15) is 25.5 Å². The number of rotatable bonds is 2. The molecule has 0 amide bonds. The van der Waals surface area contributed by atoms with E-state index in [0.717, 1.165) is 5.56 Å². The number of halogens is 1. The molecule has 1 heterocycles. The number of H-pyrrole nitrogens is 1. The number of nitrogens with one attached hydrogen (secondary N) is 1. The molecule has 0 aliphatic heterocycles. The van der Waals surface area contributed by atoms with Crippen LogP contribution in [0.25, 0.3) is 10.9 Å². The number of aromatic nitrogens is 2. The van der Waals surface area contributed by atoms with Crippen LogP contribution in [0.2, 0.25) is 0 Å². The molecule has 0 unspecified atom stereocenters. The molecule has 2 rings (SSSR count). The highest BCUT2D eigenvalue weighted by molar-refractivity contribution is 6.17. The van der Waals surface area contributed by atoms with Crippen LogP contribution in [0.5, 0.6) is 0 Å². The van der Waals surface area contributed by atoms with E-state index in [1.165, 1.54) is 4.57 Å². The molecule has 0 atom stereocenters. The molecular weight excluding hydrogens is 240 g/mol. The van der Waals surface area contributed by atoms with Crippen molar-refractivity contribution in [3.8, 4) is 0 Å². The highest BCUT2D eigenvalue weighted by Gasteiger charge is 2.10. The number of benzene rings is 1. The molecule has 2 aromatic rings. The topological polar surface area (TPSA) is 54.9 Å². The van der Waals surface area contributed by atoms with Gasteiger partial charge in [0.15, 0.2) is 0 Å². The van der Waals surface area contributed by atoms with Crippen LogP contribution < -0.4 is 11.2 Å².